The van der Waals surface area contributed by atoms with Crippen LogP contribution in [0.25, 0.3) is 17.2 Å². The number of pyridine rings is 1. The third-order valence-electron chi connectivity index (χ3n) is 6.46. The van der Waals surface area contributed by atoms with E-state index in [2.05, 4.69) is 20.2 Å². The van der Waals surface area contributed by atoms with E-state index in [0.717, 1.165) is 14.1 Å². The van der Waals surface area contributed by atoms with Gasteiger partial charge in [0, 0.05) is 23.3 Å². The first-order chi connectivity index (χ1) is 19.9. The van der Waals surface area contributed by atoms with Crippen molar-refractivity contribution in [1.29, 1.82) is 0 Å². The van der Waals surface area contributed by atoms with Crippen LogP contribution in [-0.4, -0.2) is 80.9 Å². The minimum absolute atomic E-state index is 0.0212. The average Bonchev–Trinajstić information content (AvgIpc) is 3.48. The Morgan fingerprint density at radius 1 is 1.12 bits per heavy atom. The third-order valence-corrected chi connectivity index (χ3v) is 7.00. The van der Waals surface area contributed by atoms with E-state index >= 15 is 0 Å². The molecule has 13 nitrogen and oxygen atoms in total. The van der Waals surface area contributed by atoms with Crippen LogP contribution in [0.3, 0.4) is 0 Å². The lowest BCUT2D eigenvalue weighted by Crippen LogP contribution is -2.61. The molecule has 2 amide bonds. The molecule has 220 valence electrons. The first-order valence-electron chi connectivity index (χ1n) is 12.2. The molecule has 18 heteroatoms. The summed E-state index contributed by atoms with van der Waals surface area (Å²) in [5.74, 6) is -0.898. The summed E-state index contributed by atoms with van der Waals surface area (Å²) in [6.07, 6.45) is -3.54. The van der Waals surface area contributed by atoms with Crippen molar-refractivity contribution >= 4 is 35.2 Å². The van der Waals surface area contributed by atoms with E-state index in [9.17, 15) is 27.6 Å². The molecule has 0 bridgehead atoms. The molecule has 3 aromatic heterocycles. The first kappa shape index (κ1) is 29.1. The van der Waals surface area contributed by atoms with Gasteiger partial charge in [-0.2, -0.15) is 13.2 Å². The lowest BCUT2D eigenvalue weighted by atomic mass is 10.0. The molecule has 1 aliphatic heterocycles. The highest BCUT2D eigenvalue weighted by Gasteiger charge is 2.45. The van der Waals surface area contributed by atoms with Gasteiger partial charge >= 0.3 is 18.0 Å². The molecule has 2 N–H and O–H groups in total. The van der Waals surface area contributed by atoms with Gasteiger partial charge in [0.25, 0.3) is 0 Å². The fourth-order valence-corrected chi connectivity index (χ4v) is 4.58. The van der Waals surface area contributed by atoms with Crippen molar-refractivity contribution in [2.24, 2.45) is 0 Å². The van der Waals surface area contributed by atoms with Gasteiger partial charge in [0.15, 0.2) is 17.5 Å². The topological polar surface area (TPSA) is 153 Å². The number of likely N-dealkylation sites (tertiary alicyclic amines) is 1. The quantitative estimate of drug-likeness (QED) is 0.303. The molecule has 4 aromatic rings. The lowest BCUT2D eigenvalue weighted by molar-refractivity contribution is -0.166. The summed E-state index contributed by atoms with van der Waals surface area (Å²) in [7, 11) is 0. The molecule has 1 fully saturated rings. The second kappa shape index (κ2) is 11.4. The number of carbonyl (C=O) groups excluding carboxylic acids is 1. The van der Waals surface area contributed by atoms with Crippen LogP contribution in [-0.2, 0) is 17.9 Å². The van der Waals surface area contributed by atoms with Gasteiger partial charge in [-0.15, -0.1) is 10.2 Å². The zero-order chi connectivity index (χ0) is 30.2. The number of amides is 2. The molecular formula is C24H20Cl2F3N9O4. The van der Waals surface area contributed by atoms with Crippen molar-refractivity contribution in [3.8, 4) is 17.2 Å². The minimum Gasteiger partial charge on any atom is -0.465 e. The SMILES string of the molecule is O=C(NC(Cn1c(-c2ccc(Cl)cc2)nn(Cc2ncn(-c3ncccc3Cl)n2)c1=O)C(F)(F)F)C1CCN1C(=O)O. The van der Waals surface area contributed by atoms with E-state index in [1.165, 1.54) is 41.5 Å². The number of carboxylic acid groups (broad SMARTS) is 1. The second-order valence-electron chi connectivity index (χ2n) is 9.18. The molecule has 1 aliphatic rings. The van der Waals surface area contributed by atoms with Gasteiger partial charge in [0.05, 0.1) is 11.6 Å². The molecule has 42 heavy (non-hydrogen) atoms. The highest BCUT2D eigenvalue weighted by atomic mass is 35.5. The van der Waals surface area contributed by atoms with Crippen molar-refractivity contribution in [3.05, 3.63) is 75.3 Å². The maximum Gasteiger partial charge on any atom is 0.410 e. The van der Waals surface area contributed by atoms with E-state index in [0.29, 0.717) is 5.02 Å². The molecule has 0 aliphatic carbocycles. The normalized spacial score (nSPS) is 15.7. The number of aromatic nitrogens is 7. The highest BCUT2D eigenvalue weighted by molar-refractivity contribution is 6.32. The largest absolute Gasteiger partial charge is 0.465 e. The average molecular weight is 626 g/mol. The molecular weight excluding hydrogens is 606 g/mol. The van der Waals surface area contributed by atoms with Crippen LogP contribution in [0.2, 0.25) is 10.0 Å². The van der Waals surface area contributed by atoms with Crippen LogP contribution in [0.15, 0.2) is 53.7 Å². The standard InChI is InChI=1S/C24H20Cl2F3N9O4/c25-14-5-3-13(4-6-14)19-34-37(11-18-31-12-38(33-18)20-15(26)2-1-8-30-20)22(40)36(19)10-17(24(27,28)29)32-21(39)16-7-9-35(16)23(41)42/h1-6,8,12,16-17H,7,9-11H2,(H,32,39)(H,41,42). The van der Waals surface area contributed by atoms with Gasteiger partial charge in [-0.3, -0.25) is 14.3 Å². The Morgan fingerprint density at radius 3 is 2.48 bits per heavy atom. The molecule has 1 aromatic carbocycles. The number of alkyl halides is 3. The smallest absolute Gasteiger partial charge is 0.410 e. The highest BCUT2D eigenvalue weighted by Crippen LogP contribution is 2.26. The van der Waals surface area contributed by atoms with Crippen molar-refractivity contribution < 1.29 is 27.9 Å². The lowest BCUT2D eigenvalue weighted by Gasteiger charge is -2.38. The van der Waals surface area contributed by atoms with Gasteiger partial charge in [-0.05, 0) is 42.8 Å². The van der Waals surface area contributed by atoms with E-state index in [-0.39, 0.29) is 47.6 Å². The van der Waals surface area contributed by atoms with E-state index in [1.807, 2.05) is 5.32 Å². The predicted molar refractivity (Wildman–Crippen MR) is 141 cm³/mol. The van der Waals surface area contributed by atoms with Gasteiger partial charge in [-0.1, -0.05) is 23.2 Å². The number of benzene rings is 1. The summed E-state index contributed by atoms with van der Waals surface area (Å²) in [4.78, 5) is 46.2. The molecule has 0 spiro atoms. The summed E-state index contributed by atoms with van der Waals surface area (Å²) < 4.78 is 45.3. The number of nitrogens with zero attached hydrogens (tertiary/aromatic N) is 8. The number of hydrogen-bond acceptors (Lipinski definition) is 7. The van der Waals surface area contributed by atoms with Crippen LogP contribution in [0.1, 0.15) is 12.2 Å². The molecule has 5 rings (SSSR count). The fraction of sp³-hybridized carbons (Fsp3) is 0.292. The molecule has 2 atom stereocenters. The van der Waals surface area contributed by atoms with E-state index < -0.39 is 42.5 Å². The predicted octanol–water partition coefficient (Wildman–Crippen LogP) is 2.84. The number of halogens is 5. The summed E-state index contributed by atoms with van der Waals surface area (Å²) in [5, 5.41) is 20.1. The molecule has 4 heterocycles. The summed E-state index contributed by atoms with van der Waals surface area (Å²) in [6, 6.07) is 5.31. The van der Waals surface area contributed by atoms with Crippen molar-refractivity contribution in [2.75, 3.05) is 6.54 Å². The zero-order valence-electron chi connectivity index (χ0n) is 21.2. The Labute approximate surface area is 244 Å². The number of carbonyl (C=O) groups is 2. The Morgan fingerprint density at radius 2 is 1.86 bits per heavy atom. The zero-order valence-corrected chi connectivity index (χ0v) is 22.8. The first-order valence-corrected chi connectivity index (χ1v) is 13.0. The molecule has 2 unspecified atom stereocenters. The van der Waals surface area contributed by atoms with Gasteiger partial charge < -0.3 is 10.4 Å². The number of nitrogens with one attached hydrogen (secondary N) is 1. The van der Waals surface area contributed by atoms with Gasteiger partial charge in [-0.25, -0.2) is 28.9 Å². The summed E-state index contributed by atoms with van der Waals surface area (Å²) in [5.41, 5.74) is -0.663. The maximum absolute atomic E-state index is 14.1. The maximum atomic E-state index is 14.1. The third kappa shape index (κ3) is 5.94. The minimum atomic E-state index is -4.99. The van der Waals surface area contributed by atoms with E-state index in [4.69, 9.17) is 28.3 Å². The summed E-state index contributed by atoms with van der Waals surface area (Å²) in [6.45, 7) is -1.34. The Balaban J connectivity index is 1.47. The van der Waals surface area contributed by atoms with Crippen LogP contribution in [0.5, 0.6) is 0 Å². The van der Waals surface area contributed by atoms with Gasteiger partial charge in [0.1, 0.15) is 25.0 Å². The van der Waals surface area contributed by atoms with Crippen LogP contribution in [0, 0.1) is 0 Å². The Hall–Kier alpha value is -4.44. The van der Waals surface area contributed by atoms with Crippen molar-refractivity contribution in [3.63, 3.8) is 0 Å². The second-order valence-corrected chi connectivity index (χ2v) is 10.0. The molecule has 0 saturated carbocycles. The van der Waals surface area contributed by atoms with Crippen LogP contribution in [0.4, 0.5) is 18.0 Å². The monoisotopic (exact) mass is 625 g/mol. The van der Waals surface area contributed by atoms with Crippen LogP contribution < -0.4 is 11.0 Å². The molecule has 1 saturated heterocycles. The molecule has 0 radical (unpaired) electrons. The van der Waals surface area contributed by atoms with Gasteiger partial charge in [0.2, 0.25) is 5.91 Å². The number of hydrogen-bond donors (Lipinski definition) is 2. The Bertz CT molecular complexity index is 1690. The van der Waals surface area contributed by atoms with E-state index in [1.54, 1.807) is 12.1 Å². The summed E-state index contributed by atoms with van der Waals surface area (Å²) >= 11 is 12.1. The fourth-order valence-electron chi connectivity index (χ4n) is 4.24. The van der Waals surface area contributed by atoms with Crippen LogP contribution >= 0.6 is 23.2 Å². The number of rotatable bonds is 8. The van der Waals surface area contributed by atoms with Crippen molar-refractivity contribution in [1.82, 2.24) is 44.3 Å². The van der Waals surface area contributed by atoms with Crippen molar-refractivity contribution in [2.45, 2.75) is 37.8 Å². The Kier molecular flexibility index (Phi) is 7.92.